The predicted molar refractivity (Wildman–Crippen MR) is 92.2 cm³/mol. The van der Waals surface area contributed by atoms with Gasteiger partial charge in [-0.25, -0.2) is 19.9 Å². The number of aromatic nitrogens is 8. The van der Waals surface area contributed by atoms with Crippen LogP contribution in [0, 0.1) is 0 Å². The van der Waals surface area contributed by atoms with Crippen LogP contribution in [0.4, 0.5) is 5.82 Å². The van der Waals surface area contributed by atoms with E-state index in [1.165, 1.54) is 6.33 Å². The summed E-state index contributed by atoms with van der Waals surface area (Å²) >= 11 is 0. The first-order valence-corrected chi connectivity index (χ1v) is 8.31. The summed E-state index contributed by atoms with van der Waals surface area (Å²) in [6, 6.07) is 1.93. The first-order chi connectivity index (χ1) is 12.7. The van der Waals surface area contributed by atoms with Crippen LogP contribution in [0.5, 0.6) is 0 Å². The highest BCUT2D eigenvalue weighted by atomic mass is 16.3. The third-order valence-electron chi connectivity index (χ3n) is 4.70. The van der Waals surface area contributed by atoms with Crippen molar-refractivity contribution in [3.63, 3.8) is 0 Å². The van der Waals surface area contributed by atoms with Crippen LogP contribution in [0.2, 0.25) is 0 Å². The molecule has 0 radical (unpaired) electrons. The zero-order chi connectivity index (χ0) is 17.7. The van der Waals surface area contributed by atoms with E-state index >= 15 is 0 Å². The van der Waals surface area contributed by atoms with E-state index in [9.17, 15) is 5.11 Å². The molecule has 0 fully saturated rings. The maximum Gasteiger partial charge on any atom is 0.182 e. The van der Waals surface area contributed by atoms with Gasteiger partial charge in [0.2, 0.25) is 0 Å². The second-order valence-electron chi connectivity index (χ2n) is 6.30. The maximum atomic E-state index is 10.6. The highest BCUT2D eigenvalue weighted by molar-refractivity contribution is 5.82. The van der Waals surface area contributed by atoms with Crippen molar-refractivity contribution >= 4 is 17.0 Å². The largest absolute Gasteiger partial charge is 0.379 e. The van der Waals surface area contributed by atoms with Crippen LogP contribution in [-0.4, -0.2) is 50.9 Å². The Bertz CT molecular complexity index is 1080. The van der Waals surface area contributed by atoms with Gasteiger partial charge in [-0.15, -0.1) is 0 Å². The van der Waals surface area contributed by atoms with Crippen molar-refractivity contribution in [2.75, 3.05) is 11.4 Å². The first kappa shape index (κ1) is 15.0. The van der Waals surface area contributed by atoms with Crippen LogP contribution in [-0.2, 0) is 20.1 Å². The number of rotatable bonds is 3. The Labute approximate surface area is 148 Å². The number of hydrogen-bond donors (Lipinski definition) is 2. The first-order valence-electron chi connectivity index (χ1n) is 8.31. The SMILES string of the molecule is Cn1ccnc1[C@H](O)c1cc2n(n1)CCN(c1ncnc3nc[nH]c13)C2. The van der Waals surface area contributed by atoms with E-state index in [4.69, 9.17) is 0 Å². The van der Waals surface area contributed by atoms with Crippen molar-refractivity contribution in [1.82, 2.24) is 39.3 Å². The Balaban J connectivity index is 1.46. The van der Waals surface area contributed by atoms with E-state index in [0.717, 1.165) is 23.6 Å². The number of nitrogens with zero attached hydrogens (tertiary/aromatic N) is 8. The fourth-order valence-corrected chi connectivity index (χ4v) is 3.37. The average molecular weight is 351 g/mol. The standard InChI is InChI=1S/C16H17N9O/c1-23-3-2-17-16(23)13(26)11-6-10-7-24(4-5-25(10)22-11)15-12-14(19-8-18-12)20-9-21-15/h2-3,6,8-9,13,26H,4-5,7H2,1H3,(H,18,19,20,21)/t13-/m1/s1. The van der Waals surface area contributed by atoms with E-state index in [-0.39, 0.29) is 0 Å². The lowest BCUT2D eigenvalue weighted by Crippen LogP contribution is -2.34. The summed E-state index contributed by atoms with van der Waals surface area (Å²) < 4.78 is 3.73. The second-order valence-corrected chi connectivity index (χ2v) is 6.30. The van der Waals surface area contributed by atoms with Crippen LogP contribution >= 0.6 is 0 Å². The minimum Gasteiger partial charge on any atom is -0.379 e. The number of anilines is 1. The van der Waals surface area contributed by atoms with Crippen molar-refractivity contribution < 1.29 is 5.11 Å². The molecule has 0 saturated heterocycles. The molecule has 0 saturated carbocycles. The van der Waals surface area contributed by atoms with Gasteiger partial charge >= 0.3 is 0 Å². The van der Waals surface area contributed by atoms with Gasteiger partial charge in [0.15, 0.2) is 17.6 Å². The third kappa shape index (κ3) is 2.26. The molecular weight excluding hydrogens is 334 g/mol. The Hall–Kier alpha value is -3.27. The van der Waals surface area contributed by atoms with E-state index in [1.54, 1.807) is 23.3 Å². The molecule has 0 aromatic carbocycles. The molecule has 10 heteroatoms. The molecule has 1 atom stereocenters. The van der Waals surface area contributed by atoms with E-state index in [1.807, 2.05) is 17.8 Å². The highest BCUT2D eigenvalue weighted by Gasteiger charge is 2.25. The second kappa shape index (κ2) is 5.63. The molecule has 0 aliphatic carbocycles. The maximum absolute atomic E-state index is 10.6. The van der Waals surface area contributed by atoms with Gasteiger partial charge in [0.05, 0.1) is 30.8 Å². The van der Waals surface area contributed by atoms with E-state index < -0.39 is 6.10 Å². The molecule has 0 bridgehead atoms. The number of imidazole rings is 2. The van der Waals surface area contributed by atoms with Crippen LogP contribution in [0.25, 0.3) is 11.2 Å². The van der Waals surface area contributed by atoms with Gasteiger partial charge in [-0.3, -0.25) is 4.68 Å². The number of aryl methyl sites for hydroxylation is 1. The van der Waals surface area contributed by atoms with E-state index in [2.05, 4.69) is 34.9 Å². The summed E-state index contributed by atoms with van der Waals surface area (Å²) in [5.74, 6) is 1.40. The lowest BCUT2D eigenvalue weighted by molar-refractivity contribution is 0.200. The van der Waals surface area contributed by atoms with Crippen LogP contribution in [0.3, 0.4) is 0 Å². The summed E-state index contributed by atoms with van der Waals surface area (Å²) in [5.41, 5.74) is 3.10. The van der Waals surface area contributed by atoms with Crippen molar-refractivity contribution in [3.05, 3.63) is 48.3 Å². The topological polar surface area (TPSA) is 114 Å². The lowest BCUT2D eigenvalue weighted by atomic mass is 10.2. The summed E-state index contributed by atoms with van der Waals surface area (Å²) in [6.45, 7) is 2.12. The fourth-order valence-electron chi connectivity index (χ4n) is 3.37. The number of hydrogen-bond acceptors (Lipinski definition) is 7. The third-order valence-corrected chi connectivity index (χ3v) is 4.70. The molecule has 5 heterocycles. The molecule has 4 aromatic rings. The molecule has 26 heavy (non-hydrogen) atoms. The molecule has 4 aromatic heterocycles. The van der Waals surface area contributed by atoms with Gasteiger partial charge in [0, 0.05) is 26.0 Å². The summed E-state index contributed by atoms with van der Waals surface area (Å²) in [6.07, 6.45) is 5.78. The molecule has 5 rings (SSSR count). The van der Waals surface area contributed by atoms with Crippen molar-refractivity contribution in [2.24, 2.45) is 7.05 Å². The molecule has 132 valence electrons. The molecule has 0 amide bonds. The lowest BCUT2D eigenvalue weighted by Gasteiger charge is -2.28. The smallest absolute Gasteiger partial charge is 0.182 e. The van der Waals surface area contributed by atoms with Gasteiger partial charge in [-0.1, -0.05) is 0 Å². The Morgan fingerprint density at radius 3 is 2.96 bits per heavy atom. The molecule has 0 spiro atoms. The predicted octanol–water partition coefficient (Wildman–Crippen LogP) is 0.385. The zero-order valence-corrected chi connectivity index (χ0v) is 14.1. The van der Waals surface area contributed by atoms with E-state index in [0.29, 0.717) is 30.3 Å². The van der Waals surface area contributed by atoms with Crippen molar-refractivity contribution in [1.29, 1.82) is 0 Å². The van der Waals surface area contributed by atoms with Gasteiger partial charge in [0.1, 0.15) is 17.7 Å². The Morgan fingerprint density at radius 2 is 2.12 bits per heavy atom. The zero-order valence-electron chi connectivity index (χ0n) is 14.1. The summed E-state index contributed by atoms with van der Waals surface area (Å²) in [7, 11) is 1.86. The Morgan fingerprint density at radius 1 is 1.19 bits per heavy atom. The number of aliphatic hydroxyl groups is 1. The Kier molecular flexibility index (Phi) is 3.25. The average Bonchev–Trinajstić information content (AvgIpc) is 3.38. The molecular formula is C16H17N9O. The van der Waals surface area contributed by atoms with Gasteiger partial charge in [0.25, 0.3) is 0 Å². The van der Waals surface area contributed by atoms with Crippen LogP contribution < -0.4 is 4.90 Å². The molecule has 2 N–H and O–H groups in total. The minimum atomic E-state index is -0.847. The monoisotopic (exact) mass is 351 g/mol. The molecule has 10 nitrogen and oxygen atoms in total. The number of nitrogens with one attached hydrogen (secondary N) is 1. The van der Waals surface area contributed by atoms with Gasteiger partial charge < -0.3 is 19.6 Å². The van der Waals surface area contributed by atoms with Crippen LogP contribution in [0.1, 0.15) is 23.3 Å². The molecule has 0 unspecified atom stereocenters. The number of aromatic amines is 1. The number of aliphatic hydroxyl groups excluding tert-OH is 1. The summed E-state index contributed by atoms with van der Waals surface area (Å²) in [5, 5.41) is 15.2. The normalized spacial score (nSPS) is 15.4. The van der Waals surface area contributed by atoms with Gasteiger partial charge in [-0.2, -0.15) is 5.10 Å². The number of fused-ring (bicyclic) bond motifs is 2. The quantitative estimate of drug-likeness (QED) is 0.549. The van der Waals surface area contributed by atoms with Crippen molar-refractivity contribution in [2.45, 2.75) is 19.2 Å². The molecule has 1 aliphatic rings. The van der Waals surface area contributed by atoms with Crippen LogP contribution in [0.15, 0.2) is 31.1 Å². The molecule has 1 aliphatic heterocycles. The fraction of sp³-hybridized carbons (Fsp3) is 0.312. The summed E-state index contributed by atoms with van der Waals surface area (Å²) in [4.78, 5) is 22.3. The highest BCUT2D eigenvalue weighted by Crippen LogP contribution is 2.26. The minimum absolute atomic E-state index is 0.576. The van der Waals surface area contributed by atoms with Crippen molar-refractivity contribution in [3.8, 4) is 0 Å². The van der Waals surface area contributed by atoms with Gasteiger partial charge in [-0.05, 0) is 6.07 Å². The number of H-pyrrole nitrogens is 1.